The summed E-state index contributed by atoms with van der Waals surface area (Å²) < 4.78 is 90.3. The van der Waals surface area contributed by atoms with Crippen LogP contribution in [0.3, 0.4) is 0 Å². The molecule has 0 radical (unpaired) electrons. The van der Waals surface area contributed by atoms with Crippen LogP contribution in [-0.2, 0) is 29.6 Å². The monoisotopic (exact) mass is 533 g/mol. The highest BCUT2D eigenvalue weighted by molar-refractivity contribution is 7.92. The molecule has 0 aromatic heterocycles. The summed E-state index contributed by atoms with van der Waals surface area (Å²) in [5.41, 5.74) is -0.276. The molecule has 2 aromatic rings. The minimum atomic E-state index is -4.11. The van der Waals surface area contributed by atoms with Gasteiger partial charge in [0.25, 0.3) is 0 Å². The van der Waals surface area contributed by atoms with Gasteiger partial charge in [0.1, 0.15) is 11.8 Å². The number of benzene rings is 2. The molecule has 0 aliphatic carbocycles. The minimum Gasteiger partial charge on any atom is -0.495 e. The first-order valence-electron chi connectivity index (χ1n) is 10.4. The molecule has 0 bridgehead atoms. The van der Waals surface area contributed by atoms with E-state index in [2.05, 4.69) is 5.32 Å². The van der Waals surface area contributed by atoms with Gasteiger partial charge in [0.05, 0.1) is 42.8 Å². The van der Waals surface area contributed by atoms with E-state index in [-0.39, 0.29) is 48.3 Å². The Kier molecular flexibility index (Phi) is 7.99. The largest absolute Gasteiger partial charge is 0.495 e. The lowest BCUT2D eigenvalue weighted by Gasteiger charge is -2.29. The summed E-state index contributed by atoms with van der Waals surface area (Å²) >= 11 is 0. The zero-order valence-corrected chi connectivity index (χ0v) is 20.8. The minimum absolute atomic E-state index is 0.0163. The third-order valence-electron chi connectivity index (χ3n) is 5.28. The molecule has 3 rings (SSSR count). The first-order chi connectivity index (χ1) is 16.4. The summed E-state index contributed by atoms with van der Waals surface area (Å²) in [5, 5.41) is 2.48. The summed E-state index contributed by atoms with van der Waals surface area (Å²) in [6.45, 7) is 2.09. The lowest BCUT2D eigenvalue weighted by atomic mass is 10.2. The Morgan fingerprint density at radius 2 is 1.74 bits per heavy atom. The van der Waals surface area contributed by atoms with E-state index < -0.39 is 43.6 Å². The number of nitrogens with one attached hydrogen (secondary N) is 1. The van der Waals surface area contributed by atoms with Crippen LogP contribution in [0.2, 0.25) is 0 Å². The summed E-state index contributed by atoms with van der Waals surface area (Å²) in [4.78, 5) is 12.9. The summed E-state index contributed by atoms with van der Waals surface area (Å²) in [6.07, 6.45) is 0.814. The quantitative estimate of drug-likeness (QED) is 0.549. The molecular formula is C21H25F2N3O7S2. The molecule has 192 valence electrons. The Bertz CT molecular complexity index is 1310. The maximum Gasteiger partial charge on any atom is 0.248 e. The molecule has 1 atom stereocenters. The van der Waals surface area contributed by atoms with Crippen molar-refractivity contribution < 1.29 is 39.9 Å². The molecule has 1 aliphatic rings. The fourth-order valence-electron chi connectivity index (χ4n) is 3.55. The van der Waals surface area contributed by atoms with Crippen LogP contribution in [0.1, 0.15) is 6.92 Å². The summed E-state index contributed by atoms with van der Waals surface area (Å²) in [7, 11) is -6.69. The first-order valence-corrected chi connectivity index (χ1v) is 13.7. The summed E-state index contributed by atoms with van der Waals surface area (Å²) in [5.74, 6) is -3.20. The van der Waals surface area contributed by atoms with Gasteiger partial charge in [0.15, 0.2) is 11.6 Å². The number of rotatable bonds is 8. The van der Waals surface area contributed by atoms with Gasteiger partial charge in [-0.3, -0.25) is 9.10 Å². The maximum atomic E-state index is 13.8. The van der Waals surface area contributed by atoms with Crippen LogP contribution in [0.4, 0.5) is 20.2 Å². The van der Waals surface area contributed by atoms with Gasteiger partial charge in [-0.05, 0) is 37.3 Å². The van der Waals surface area contributed by atoms with Crippen molar-refractivity contribution in [1.29, 1.82) is 0 Å². The molecule has 2 aromatic carbocycles. The molecule has 0 unspecified atom stereocenters. The number of hydrogen-bond acceptors (Lipinski definition) is 7. The van der Waals surface area contributed by atoms with Crippen molar-refractivity contribution in [2.45, 2.75) is 17.9 Å². The number of morpholine rings is 1. The number of amides is 1. The topological polar surface area (TPSA) is 122 Å². The van der Waals surface area contributed by atoms with Crippen molar-refractivity contribution in [2.75, 3.05) is 49.3 Å². The number of sulfonamides is 2. The van der Waals surface area contributed by atoms with Crippen LogP contribution >= 0.6 is 0 Å². The molecule has 1 fully saturated rings. The van der Waals surface area contributed by atoms with Gasteiger partial charge in [0.2, 0.25) is 26.0 Å². The standard InChI is InChI=1S/C21H25F2N3O7S2/c1-14(26(34(3,28)29)15-4-6-17(22)18(23)12-15)21(27)24-19-13-16(5-7-20(19)32-2)35(30,31)25-8-10-33-11-9-25/h4-7,12-14H,8-11H2,1-3H3,(H,24,27)/t14-/m0/s1. The predicted molar refractivity (Wildman–Crippen MR) is 124 cm³/mol. The van der Waals surface area contributed by atoms with Gasteiger partial charge in [-0.1, -0.05) is 0 Å². The average molecular weight is 534 g/mol. The van der Waals surface area contributed by atoms with Crippen LogP contribution in [0.5, 0.6) is 5.75 Å². The predicted octanol–water partition coefficient (Wildman–Crippen LogP) is 1.79. The van der Waals surface area contributed by atoms with Crippen LogP contribution in [0.25, 0.3) is 0 Å². The van der Waals surface area contributed by atoms with Gasteiger partial charge in [-0.15, -0.1) is 0 Å². The van der Waals surface area contributed by atoms with E-state index >= 15 is 0 Å². The van der Waals surface area contributed by atoms with E-state index in [1.165, 1.54) is 36.5 Å². The highest BCUT2D eigenvalue weighted by atomic mass is 32.2. The van der Waals surface area contributed by atoms with Gasteiger partial charge < -0.3 is 14.8 Å². The lowest BCUT2D eigenvalue weighted by Crippen LogP contribution is -2.45. The molecule has 1 saturated heterocycles. The van der Waals surface area contributed by atoms with Crippen LogP contribution in [-0.4, -0.2) is 72.8 Å². The van der Waals surface area contributed by atoms with E-state index in [9.17, 15) is 30.4 Å². The zero-order chi connectivity index (χ0) is 26.0. The van der Waals surface area contributed by atoms with Crippen LogP contribution in [0, 0.1) is 11.6 Å². The fourth-order valence-corrected chi connectivity index (χ4v) is 6.15. The lowest BCUT2D eigenvalue weighted by molar-refractivity contribution is -0.116. The highest BCUT2D eigenvalue weighted by Gasteiger charge is 2.31. The number of anilines is 2. The number of nitrogens with zero attached hydrogens (tertiary/aromatic N) is 2. The molecule has 10 nitrogen and oxygen atoms in total. The molecular weight excluding hydrogens is 508 g/mol. The number of carbonyl (C=O) groups is 1. The molecule has 1 heterocycles. The average Bonchev–Trinajstić information content (AvgIpc) is 2.81. The van der Waals surface area contributed by atoms with E-state index in [0.29, 0.717) is 10.4 Å². The molecule has 0 saturated carbocycles. The van der Waals surface area contributed by atoms with E-state index in [0.717, 1.165) is 18.4 Å². The SMILES string of the molecule is COc1ccc(S(=O)(=O)N2CCOCC2)cc1NC(=O)[C@H](C)N(c1ccc(F)c(F)c1)S(C)(=O)=O. The number of methoxy groups -OCH3 is 1. The van der Waals surface area contributed by atoms with Crippen molar-refractivity contribution in [1.82, 2.24) is 4.31 Å². The second kappa shape index (κ2) is 10.4. The van der Waals surface area contributed by atoms with Gasteiger partial charge in [-0.2, -0.15) is 4.31 Å². The maximum absolute atomic E-state index is 13.8. The Hall–Kier alpha value is -2.81. The number of halogens is 2. The van der Waals surface area contributed by atoms with Crippen LogP contribution in [0.15, 0.2) is 41.3 Å². The second-order valence-electron chi connectivity index (χ2n) is 7.70. The second-order valence-corrected chi connectivity index (χ2v) is 11.5. The Labute approximate surface area is 202 Å². The number of carbonyl (C=O) groups excluding carboxylic acids is 1. The van der Waals surface area contributed by atoms with Gasteiger partial charge in [0, 0.05) is 19.2 Å². The van der Waals surface area contributed by atoms with Crippen molar-refractivity contribution in [2.24, 2.45) is 0 Å². The van der Waals surface area contributed by atoms with Crippen molar-refractivity contribution >= 4 is 37.3 Å². The molecule has 35 heavy (non-hydrogen) atoms. The molecule has 0 spiro atoms. The normalized spacial score (nSPS) is 15.9. The fraction of sp³-hybridized carbons (Fsp3) is 0.381. The number of hydrogen-bond donors (Lipinski definition) is 1. The molecule has 1 N–H and O–H groups in total. The van der Waals surface area contributed by atoms with E-state index in [4.69, 9.17) is 9.47 Å². The Morgan fingerprint density at radius 1 is 1.09 bits per heavy atom. The van der Waals surface area contributed by atoms with Crippen molar-refractivity contribution in [3.8, 4) is 5.75 Å². The Morgan fingerprint density at radius 3 is 2.31 bits per heavy atom. The smallest absolute Gasteiger partial charge is 0.248 e. The third kappa shape index (κ3) is 5.89. The Balaban J connectivity index is 1.93. The van der Waals surface area contributed by atoms with Crippen molar-refractivity contribution in [3.05, 3.63) is 48.0 Å². The number of ether oxygens (including phenoxy) is 2. The molecule has 1 amide bonds. The van der Waals surface area contributed by atoms with E-state index in [1.807, 2.05) is 0 Å². The highest BCUT2D eigenvalue weighted by Crippen LogP contribution is 2.30. The van der Waals surface area contributed by atoms with Crippen molar-refractivity contribution in [3.63, 3.8) is 0 Å². The zero-order valence-electron chi connectivity index (χ0n) is 19.2. The molecule has 14 heteroatoms. The van der Waals surface area contributed by atoms with E-state index in [1.54, 1.807) is 0 Å². The van der Waals surface area contributed by atoms with Crippen LogP contribution < -0.4 is 14.4 Å². The van der Waals surface area contributed by atoms with Gasteiger partial charge in [-0.25, -0.2) is 25.6 Å². The first kappa shape index (κ1) is 26.8. The third-order valence-corrected chi connectivity index (χ3v) is 8.42. The molecule has 1 aliphatic heterocycles. The summed E-state index contributed by atoms with van der Waals surface area (Å²) in [6, 6.07) is 4.91. The van der Waals surface area contributed by atoms with Gasteiger partial charge >= 0.3 is 0 Å².